The zero-order valence-electron chi connectivity index (χ0n) is 18.0. The van der Waals surface area contributed by atoms with Crippen LogP contribution in [0.25, 0.3) is 0 Å². The summed E-state index contributed by atoms with van der Waals surface area (Å²) >= 11 is 0. The van der Waals surface area contributed by atoms with Crippen molar-refractivity contribution in [2.24, 2.45) is 23.3 Å². The molecule has 10 nitrogen and oxygen atoms in total. The van der Waals surface area contributed by atoms with Gasteiger partial charge in [0.05, 0.1) is 6.04 Å². The first-order valence-corrected chi connectivity index (χ1v) is 10.0. The van der Waals surface area contributed by atoms with Crippen molar-refractivity contribution in [3.63, 3.8) is 0 Å². The van der Waals surface area contributed by atoms with Gasteiger partial charge in [-0.2, -0.15) is 0 Å². The Kier molecular flexibility index (Phi) is 12.1. The van der Waals surface area contributed by atoms with Gasteiger partial charge in [0, 0.05) is 0 Å². The zero-order valence-corrected chi connectivity index (χ0v) is 18.0. The molecule has 0 saturated carbocycles. The lowest BCUT2D eigenvalue weighted by molar-refractivity contribution is -0.143. The zero-order chi connectivity index (χ0) is 22.7. The molecule has 4 atom stereocenters. The van der Waals surface area contributed by atoms with Crippen LogP contribution in [-0.4, -0.2) is 59.5 Å². The van der Waals surface area contributed by atoms with Crippen LogP contribution in [-0.2, 0) is 19.2 Å². The smallest absolute Gasteiger partial charge is 0.326 e. The van der Waals surface area contributed by atoms with Crippen molar-refractivity contribution in [1.82, 2.24) is 16.0 Å². The molecule has 0 aliphatic heterocycles. The second-order valence-corrected chi connectivity index (χ2v) is 7.91. The highest BCUT2D eigenvalue weighted by Gasteiger charge is 2.30. The van der Waals surface area contributed by atoms with Crippen LogP contribution in [0.1, 0.15) is 53.9 Å². The van der Waals surface area contributed by atoms with Crippen LogP contribution in [0.4, 0.5) is 0 Å². The molecule has 29 heavy (non-hydrogen) atoms. The van der Waals surface area contributed by atoms with Crippen LogP contribution in [0, 0.1) is 11.8 Å². The summed E-state index contributed by atoms with van der Waals surface area (Å²) in [6, 6.07) is -3.67. The number of unbranched alkanes of at least 4 members (excludes halogenated alkanes) is 1. The maximum Gasteiger partial charge on any atom is 0.326 e. The van der Waals surface area contributed by atoms with Gasteiger partial charge < -0.3 is 32.5 Å². The van der Waals surface area contributed by atoms with Crippen molar-refractivity contribution < 1.29 is 24.3 Å². The molecule has 0 bridgehead atoms. The molecule has 0 spiro atoms. The van der Waals surface area contributed by atoms with Crippen molar-refractivity contribution in [2.45, 2.75) is 78.0 Å². The Morgan fingerprint density at radius 3 is 1.86 bits per heavy atom. The average molecular weight is 416 g/mol. The molecule has 0 heterocycles. The van der Waals surface area contributed by atoms with Crippen LogP contribution in [0.2, 0.25) is 0 Å². The van der Waals surface area contributed by atoms with Gasteiger partial charge in [0.2, 0.25) is 17.7 Å². The summed E-state index contributed by atoms with van der Waals surface area (Å²) in [7, 11) is 0. The number of carboxylic acid groups (broad SMARTS) is 1. The third kappa shape index (κ3) is 9.71. The van der Waals surface area contributed by atoms with E-state index in [2.05, 4.69) is 16.0 Å². The summed E-state index contributed by atoms with van der Waals surface area (Å²) < 4.78 is 0. The van der Waals surface area contributed by atoms with E-state index in [-0.39, 0.29) is 11.8 Å². The van der Waals surface area contributed by atoms with E-state index in [0.717, 1.165) is 0 Å². The maximum absolute atomic E-state index is 12.6. The molecule has 0 saturated heterocycles. The predicted molar refractivity (Wildman–Crippen MR) is 110 cm³/mol. The van der Waals surface area contributed by atoms with Crippen LogP contribution in [0.3, 0.4) is 0 Å². The van der Waals surface area contributed by atoms with Crippen LogP contribution in [0.5, 0.6) is 0 Å². The summed E-state index contributed by atoms with van der Waals surface area (Å²) in [4.78, 5) is 48.5. The van der Waals surface area contributed by atoms with Gasteiger partial charge in [-0.25, -0.2) is 4.79 Å². The Labute approximate surface area is 172 Å². The number of hydrogen-bond acceptors (Lipinski definition) is 6. The molecule has 0 aliphatic carbocycles. The second kappa shape index (κ2) is 13.1. The molecule has 0 fully saturated rings. The van der Waals surface area contributed by atoms with E-state index in [1.165, 1.54) is 6.92 Å². The van der Waals surface area contributed by atoms with E-state index in [1.54, 1.807) is 27.7 Å². The van der Waals surface area contributed by atoms with Gasteiger partial charge in [-0.1, -0.05) is 27.7 Å². The van der Waals surface area contributed by atoms with Crippen LogP contribution >= 0.6 is 0 Å². The molecule has 8 N–H and O–H groups in total. The monoisotopic (exact) mass is 415 g/mol. The third-order valence-corrected chi connectivity index (χ3v) is 4.58. The van der Waals surface area contributed by atoms with Crippen LogP contribution < -0.4 is 27.4 Å². The topological polar surface area (TPSA) is 177 Å². The standard InChI is InChI=1S/C19H37N5O5/c1-10(2)14(21)18(27)22-12(5)16(25)23-13(8-6-7-9-20)17(26)24-15(11(3)4)19(28)29/h10-15H,6-9,20-21H2,1-5H3,(H,22,27)(H,23,25)(H,24,26)(H,28,29). The van der Waals surface area contributed by atoms with Gasteiger partial charge in [-0.15, -0.1) is 0 Å². The highest BCUT2D eigenvalue weighted by Crippen LogP contribution is 2.06. The fraction of sp³-hybridized carbons (Fsp3) is 0.789. The number of nitrogens with two attached hydrogens (primary N) is 2. The van der Waals surface area contributed by atoms with Crippen molar-refractivity contribution in [2.75, 3.05) is 6.54 Å². The first-order valence-electron chi connectivity index (χ1n) is 10.0. The summed E-state index contributed by atoms with van der Waals surface area (Å²) in [5.74, 6) is -3.18. The third-order valence-electron chi connectivity index (χ3n) is 4.58. The average Bonchev–Trinajstić information content (AvgIpc) is 2.63. The first kappa shape index (κ1) is 26.8. The number of amides is 3. The fourth-order valence-electron chi connectivity index (χ4n) is 2.50. The van der Waals surface area contributed by atoms with Gasteiger partial charge in [-0.3, -0.25) is 14.4 Å². The maximum atomic E-state index is 12.6. The lowest BCUT2D eigenvalue weighted by Gasteiger charge is -2.25. The summed E-state index contributed by atoms with van der Waals surface area (Å²) in [6.45, 7) is 8.86. The largest absolute Gasteiger partial charge is 0.480 e. The molecule has 168 valence electrons. The van der Waals surface area contributed by atoms with Gasteiger partial charge in [0.25, 0.3) is 0 Å². The quantitative estimate of drug-likeness (QED) is 0.216. The molecule has 10 heteroatoms. The van der Waals surface area contributed by atoms with E-state index >= 15 is 0 Å². The minimum atomic E-state index is -1.15. The van der Waals surface area contributed by atoms with E-state index < -0.39 is 47.9 Å². The summed E-state index contributed by atoms with van der Waals surface area (Å²) in [5.41, 5.74) is 11.3. The van der Waals surface area contributed by atoms with E-state index in [4.69, 9.17) is 11.5 Å². The molecule has 0 radical (unpaired) electrons. The first-order chi connectivity index (χ1) is 13.4. The van der Waals surface area contributed by atoms with Crippen molar-refractivity contribution >= 4 is 23.7 Å². The molecule has 4 unspecified atom stereocenters. The summed E-state index contributed by atoms with van der Waals surface area (Å²) in [5, 5.41) is 16.9. The van der Waals surface area contributed by atoms with Gasteiger partial charge in [0.1, 0.15) is 18.1 Å². The molecule has 0 aromatic carbocycles. The van der Waals surface area contributed by atoms with Crippen molar-refractivity contribution in [3.8, 4) is 0 Å². The SMILES string of the molecule is CC(NC(=O)C(N)C(C)C)C(=O)NC(CCCCN)C(=O)NC(C(=O)O)C(C)C. The highest BCUT2D eigenvalue weighted by molar-refractivity contribution is 5.93. The van der Waals surface area contributed by atoms with E-state index in [9.17, 15) is 24.3 Å². The Morgan fingerprint density at radius 2 is 1.41 bits per heavy atom. The lowest BCUT2D eigenvalue weighted by Crippen LogP contribution is -2.57. The molecule has 0 aromatic heterocycles. The Hall–Kier alpha value is -2.20. The van der Waals surface area contributed by atoms with Gasteiger partial charge in [-0.05, 0) is 44.6 Å². The molecular weight excluding hydrogens is 378 g/mol. The van der Waals surface area contributed by atoms with E-state index in [0.29, 0.717) is 25.8 Å². The Morgan fingerprint density at radius 1 is 0.828 bits per heavy atom. The Balaban J connectivity index is 5.11. The number of rotatable bonds is 13. The number of carbonyl (C=O) groups is 4. The van der Waals surface area contributed by atoms with E-state index in [1.807, 2.05) is 0 Å². The minimum Gasteiger partial charge on any atom is -0.480 e. The van der Waals surface area contributed by atoms with Crippen LogP contribution in [0.15, 0.2) is 0 Å². The normalized spacial score (nSPS) is 15.3. The van der Waals surface area contributed by atoms with Gasteiger partial charge in [0.15, 0.2) is 0 Å². The molecule has 3 amide bonds. The van der Waals surface area contributed by atoms with Gasteiger partial charge >= 0.3 is 5.97 Å². The van der Waals surface area contributed by atoms with Crippen molar-refractivity contribution in [1.29, 1.82) is 0 Å². The molecular formula is C19H37N5O5. The molecule has 0 aliphatic rings. The summed E-state index contributed by atoms with van der Waals surface area (Å²) in [6.07, 6.45) is 1.53. The number of carboxylic acids is 1. The number of aliphatic carboxylic acids is 1. The van der Waals surface area contributed by atoms with Crippen molar-refractivity contribution in [3.05, 3.63) is 0 Å². The molecule has 0 rings (SSSR count). The fourth-order valence-corrected chi connectivity index (χ4v) is 2.50. The predicted octanol–water partition coefficient (Wildman–Crippen LogP) is -0.686. The minimum absolute atomic E-state index is 0.0935. The lowest BCUT2D eigenvalue weighted by atomic mass is 10.0. The number of hydrogen-bond donors (Lipinski definition) is 6. The Bertz CT molecular complexity index is 567. The highest BCUT2D eigenvalue weighted by atomic mass is 16.4. The second-order valence-electron chi connectivity index (χ2n) is 7.91. The number of nitrogens with one attached hydrogen (secondary N) is 3. The molecule has 0 aromatic rings. The number of carbonyl (C=O) groups excluding carboxylic acids is 3.